The van der Waals surface area contributed by atoms with Gasteiger partial charge in [0, 0.05) is 23.7 Å². The SMILES string of the molecule is Cl.O=C(Nc1cccc(SC(F)F)c1)C1CNCCO1. The fourth-order valence-electron chi connectivity index (χ4n) is 1.71. The molecule has 1 atom stereocenters. The Hall–Kier alpha value is -0.890. The second-order valence-electron chi connectivity index (χ2n) is 3.96. The van der Waals surface area contributed by atoms with Gasteiger partial charge in [-0.2, -0.15) is 8.78 Å². The van der Waals surface area contributed by atoms with Gasteiger partial charge in [-0.1, -0.05) is 17.8 Å². The molecule has 0 saturated carbocycles. The van der Waals surface area contributed by atoms with E-state index in [1.165, 1.54) is 6.07 Å². The number of nitrogens with one attached hydrogen (secondary N) is 2. The van der Waals surface area contributed by atoms with Crippen molar-refractivity contribution in [2.24, 2.45) is 0 Å². The monoisotopic (exact) mass is 324 g/mol. The van der Waals surface area contributed by atoms with Crippen LogP contribution < -0.4 is 10.6 Å². The van der Waals surface area contributed by atoms with Crippen LogP contribution in [0.5, 0.6) is 0 Å². The summed E-state index contributed by atoms with van der Waals surface area (Å²) in [5.41, 5.74) is 0.491. The molecule has 0 radical (unpaired) electrons. The summed E-state index contributed by atoms with van der Waals surface area (Å²) in [4.78, 5) is 12.3. The van der Waals surface area contributed by atoms with Gasteiger partial charge in [-0.05, 0) is 18.2 Å². The Labute approximate surface area is 126 Å². The van der Waals surface area contributed by atoms with Crippen LogP contribution in [0.1, 0.15) is 0 Å². The van der Waals surface area contributed by atoms with Crippen molar-refractivity contribution in [3.8, 4) is 0 Å². The Morgan fingerprint density at radius 1 is 1.50 bits per heavy atom. The van der Waals surface area contributed by atoms with Crippen molar-refractivity contribution in [2.45, 2.75) is 16.8 Å². The van der Waals surface area contributed by atoms with Crippen LogP contribution in [0, 0.1) is 0 Å². The predicted molar refractivity (Wildman–Crippen MR) is 76.8 cm³/mol. The van der Waals surface area contributed by atoms with Crippen LogP contribution in [0.2, 0.25) is 0 Å². The standard InChI is InChI=1S/C12H14F2N2O2S.ClH/c13-12(14)19-9-3-1-2-8(6-9)16-11(17)10-7-15-4-5-18-10;/h1-3,6,10,12,15H,4-5,7H2,(H,16,17);1H. The van der Waals surface area contributed by atoms with E-state index in [9.17, 15) is 13.6 Å². The summed E-state index contributed by atoms with van der Waals surface area (Å²) >= 11 is 0.447. The number of carbonyl (C=O) groups is 1. The number of amides is 1. The van der Waals surface area contributed by atoms with E-state index in [-0.39, 0.29) is 18.3 Å². The smallest absolute Gasteiger partial charge is 0.288 e. The number of halogens is 3. The molecule has 0 spiro atoms. The number of benzene rings is 1. The molecule has 4 nitrogen and oxygen atoms in total. The van der Waals surface area contributed by atoms with E-state index in [4.69, 9.17) is 4.74 Å². The van der Waals surface area contributed by atoms with Crippen molar-refractivity contribution < 1.29 is 18.3 Å². The number of ether oxygens (including phenoxy) is 1. The van der Waals surface area contributed by atoms with Gasteiger partial charge in [0.2, 0.25) is 0 Å². The van der Waals surface area contributed by atoms with Crippen molar-refractivity contribution in [2.75, 3.05) is 25.0 Å². The number of alkyl halides is 2. The summed E-state index contributed by atoms with van der Waals surface area (Å²) in [7, 11) is 0. The van der Waals surface area contributed by atoms with Crippen LogP contribution in [-0.4, -0.2) is 37.5 Å². The molecule has 1 unspecified atom stereocenters. The normalized spacial score (nSPS) is 18.4. The van der Waals surface area contributed by atoms with Crippen molar-refractivity contribution >= 4 is 35.8 Å². The van der Waals surface area contributed by atoms with Crippen LogP contribution in [0.4, 0.5) is 14.5 Å². The lowest BCUT2D eigenvalue weighted by molar-refractivity contribution is -0.128. The number of hydrogen-bond acceptors (Lipinski definition) is 4. The fourth-order valence-corrected chi connectivity index (χ4v) is 2.26. The average molecular weight is 325 g/mol. The summed E-state index contributed by atoms with van der Waals surface area (Å²) < 4.78 is 29.8. The predicted octanol–water partition coefficient (Wildman–Crippen LogP) is 2.35. The second-order valence-corrected chi connectivity index (χ2v) is 5.02. The molecule has 2 rings (SSSR count). The number of morpholine rings is 1. The van der Waals surface area contributed by atoms with Crippen LogP contribution in [0.3, 0.4) is 0 Å². The molecule has 1 aliphatic rings. The molecule has 1 heterocycles. The third kappa shape index (κ3) is 5.24. The highest BCUT2D eigenvalue weighted by Crippen LogP contribution is 2.27. The Kier molecular flexibility index (Phi) is 7.22. The van der Waals surface area contributed by atoms with Crippen LogP contribution in [0.15, 0.2) is 29.2 Å². The van der Waals surface area contributed by atoms with Crippen molar-refractivity contribution in [1.29, 1.82) is 0 Å². The van der Waals surface area contributed by atoms with Gasteiger partial charge in [-0.3, -0.25) is 4.79 Å². The van der Waals surface area contributed by atoms with Gasteiger partial charge in [-0.25, -0.2) is 0 Å². The van der Waals surface area contributed by atoms with Gasteiger partial charge in [0.05, 0.1) is 6.61 Å². The lowest BCUT2D eigenvalue weighted by atomic mass is 10.2. The highest BCUT2D eigenvalue weighted by Gasteiger charge is 2.21. The number of rotatable bonds is 4. The minimum Gasteiger partial charge on any atom is -0.366 e. The number of thioether (sulfide) groups is 1. The lowest BCUT2D eigenvalue weighted by Gasteiger charge is -2.22. The van der Waals surface area contributed by atoms with Gasteiger partial charge in [0.25, 0.3) is 11.7 Å². The first-order valence-electron chi connectivity index (χ1n) is 5.83. The number of carbonyl (C=O) groups excluding carboxylic acids is 1. The van der Waals surface area contributed by atoms with Crippen molar-refractivity contribution in [3.63, 3.8) is 0 Å². The van der Waals surface area contributed by atoms with E-state index in [2.05, 4.69) is 10.6 Å². The molecule has 20 heavy (non-hydrogen) atoms. The Morgan fingerprint density at radius 2 is 2.30 bits per heavy atom. The Bertz CT molecular complexity index is 445. The molecule has 0 aromatic heterocycles. The topological polar surface area (TPSA) is 50.4 Å². The maximum Gasteiger partial charge on any atom is 0.288 e. The molecule has 1 saturated heterocycles. The van der Waals surface area contributed by atoms with Gasteiger partial charge in [0.1, 0.15) is 6.10 Å². The molecule has 112 valence electrons. The summed E-state index contributed by atoms with van der Waals surface area (Å²) in [6, 6.07) is 6.38. The third-order valence-electron chi connectivity index (χ3n) is 2.55. The van der Waals surface area contributed by atoms with Gasteiger partial charge >= 0.3 is 0 Å². The van der Waals surface area contributed by atoms with Crippen LogP contribution in [-0.2, 0) is 9.53 Å². The first-order chi connectivity index (χ1) is 9.15. The summed E-state index contributed by atoms with van der Waals surface area (Å²) in [5.74, 6) is -2.75. The van der Waals surface area contributed by atoms with Gasteiger partial charge < -0.3 is 15.4 Å². The quantitative estimate of drug-likeness (QED) is 0.835. The maximum absolute atomic E-state index is 12.3. The number of anilines is 1. The molecule has 1 aliphatic heterocycles. The zero-order valence-electron chi connectivity index (χ0n) is 10.5. The molecule has 2 N–H and O–H groups in total. The minimum absolute atomic E-state index is 0. The molecule has 1 aromatic rings. The molecule has 8 heteroatoms. The highest BCUT2D eigenvalue weighted by atomic mass is 35.5. The van der Waals surface area contributed by atoms with Crippen LogP contribution >= 0.6 is 24.2 Å². The van der Waals surface area contributed by atoms with E-state index in [0.29, 0.717) is 35.5 Å². The molecular weight excluding hydrogens is 310 g/mol. The molecule has 0 aliphatic carbocycles. The third-order valence-corrected chi connectivity index (χ3v) is 3.25. The van der Waals surface area contributed by atoms with Crippen LogP contribution in [0.25, 0.3) is 0 Å². The first kappa shape index (κ1) is 17.2. The Balaban J connectivity index is 0.00000200. The maximum atomic E-state index is 12.3. The lowest BCUT2D eigenvalue weighted by Crippen LogP contribution is -2.45. The largest absolute Gasteiger partial charge is 0.366 e. The first-order valence-corrected chi connectivity index (χ1v) is 6.71. The van der Waals surface area contributed by atoms with Gasteiger partial charge in [-0.15, -0.1) is 12.4 Å². The van der Waals surface area contributed by atoms with Gasteiger partial charge in [0.15, 0.2) is 0 Å². The van der Waals surface area contributed by atoms with E-state index >= 15 is 0 Å². The second kappa shape index (κ2) is 8.41. The molecule has 1 amide bonds. The summed E-state index contributed by atoms with van der Waals surface area (Å²) in [6.45, 7) is 1.67. The zero-order valence-corrected chi connectivity index (χ0v) is 12.1. The highest BCUT2D eigenvalue weighted by molar-refractivity contribution is 7.99. The van der Waals surface area contributed by atoms with Crippen molar-refractivity contribution in [1.82, 2.24) is 5.32 Å². The molecule has 1 fully saturated rings. The minimum atomic E-state index is -2.48. The summed E-state index contributed by atoms with van der Waals surface area (Å²) in [6.07, 6.45) is -0.542. The molecule has 1 aromatic carbocycles. The molecule has 0 bridgehead atoms. The van der Waals surface area contributed by atoms with E-state index in [1.807, 2.05) is 0 Å². The van der Waals surface area contributed by atoms with Crippen molar-refractivity contribution in [3.05, 3.63) is 24.3 Å². The van der Waals surface area contributed by atoms with E-state index < -0.39 is 11.9 Å². The van der Waals surface area contributed by atoms with E-state index in [0.717, 1.165) is 6.54 Å². The number of hydrogen-bond donors (Lipinski definition) is 2. The summed E-state index contributed by atoms with van der Waals surface area (Å²) in [5, 5.41) is 5.71. The fraction of sp³-hybridized carbons (Fsp3) is 0.417. The zero-order chi connectivity index (χ0) is 13.7. The van der Waals surface area contributed by atoms with E-state index in [1.54, 1.807) is 18.2 Å². The molecular formula is C12H15ClF2N2O2S. The Morgan fingerprint density at radius 3 is 2.95 bits per heavy atom. The average Bonchev–Trinajstić information content (AvgIpc) is 2.39.